The van der Waals surface area contributed by atoms with E-state index in [4.69, 9.17) is 16.3 Å². The largest absolute Gasteiger partial charge is 0.484 e. The average molecular weight is 375 g/mol. The first kappa shape index (κ1) is 19.8. The highest BCUT2D eigenvalue weighted by Gasteiger charge is 2.12. The maximum absolute atomic E-state index is 12.1. The first-order chi connectivity index (χ1) is 12.4. The summed E-state index contributed by atoms with van der Waals surface area (Å²) in [4.78, 5) is 24.2. The second-order valence-electron chi connectivity index (χ2n) is 6.16. The highest BCUT2D eigenvalue weighted by molar-refractivity contribution is 6.33. The Morgan fingerprint density at radius 3 is 2.42 bits per heavy atom. The Hall–Kier alpha value is -2.53. The third-order valence-electron chi connectivity index (χ3n) is 3.62. The summed E-state index contributed by atoms with van der Waals surface area (Å²) >= 11 is 6.11. The number of anilines is 1. The molecule has 0 saturated heterocycles. The Bertz CT molecular complexity index is 773. The van der Waals surface area contributed by atoms with Crippen molar-refractivity contribution in [2.45, 2.75) is 33.2 Å². The second kappa shape index (κ2) is 9.25. The standard InChI is InChI=1S/C20H23ClN2O3/c1-4-14-5-8-16(9-6-14)26-12-19(24)23-18-11-15(7-10-17(18)21)20(25)22-13(2)3/h5-11,13H,4,12H2,1-3H3,(H,22,25)(H,23,24). The minimum absolute atomic E-state index is 0.0173. The van der Waals surface area contributed by atoms with Gasteiger partial charge in [-0.15, -0.1) is 0 Å². The molecule has 0 unspecified atom stereocenters. The van der Waals surface area contributed by atoms with Crippen molar-refractivity contribution in [2.24, 2.45) is 0 Å². The van der Waals surface area contributed by atoms with Gasteiger partial charge in [0.25, 0.3) is 11.8 Å². The molecule has 0 aliphatic heterocycles. The molecule has 0 heterocycles. The van der Waals surface area contributed by atoms with E-state index in [1.165, 1.54) is 5.56 Å². The van der Waals surface area contributed by atoms with Gasteiger partial charge in [0.2, 0.25) is 0 Å². The van der Waals surface area contributed by atoms with E-state index in [2.05, 4.69) is 17.6 Å². The Balaban J connectivity index is 1.97. The van der Waals surface area contributed by atoms with Crippen LogP contribution in [-0.4, -0.2) is 24.5 Å². The number of rotatable bonds is 7. The normalized spacial score (nSPS) is 10.5. The van der Waals surface area contributed by atoms with Crippen LogP contribution in [0.15, 0.2) is 42.5 Å². The first-order valence-corrected chi connectivity index (χ1v) is 8.88. The van der Waals surface area contributed by atoms with Crippen LogP contribution in [0.3, 0.4) is 0 Å². The lowest BCUT2D eigenvalue weighted by Crippen LogP contribution is -2.30. The summed E-state index contributed by atoms with van der Waals surface area (Å²) in [7, 11) is 0. The number of carbonyl (C=O) groups excluding carboxylic acids is 2. The van der Waals surface area contributed by atoms with Gasteiger partial charge in [-0.25, -0.2) is 0 Å². The van der Waals surface area contributed by atoms with E-state index < -0.39 is 0 Å². The molecule has 2 aromatic rings. The van der Waals surface area contributed by atoms with E-state index in [1.54, 1.807) is 18.2 Å². The molecule has 0 atom stereocenters. The van der Waals surface area contributed by atoms with Crippen molar-refractivity contribution in [3.8, 4) is 5.75 Å². The molecule has 0 aliphatic rings. The zero-order valence-corrected chi connectivity index (χ0v) is 15.9. The zero-order valence-electron chi connectivity index (χ0n) is 15.1. The van der Waals surface area contributed by atoms with Crippen molar-refractivity contribution in [3.05, 3.63) is 58.6 Å². The van der Waals surface area contributed by atoms with Crippen molar-refractivity contribution >= 4 is 29.1 Å². The highest BCUT2D eigenvalue weighted by atomic mass is 35.5. The predicted molar refractivity (Wildman–Crippen MR) is 104 cm³/mol. The number of halogens is 1. The molecular weight excluding hydrogens is 352 g/mol. The van der Waals surface area contributed by atoms with Crippen molar-refractivity contribution in [1.29, 1.82) is 0 Å². The maximum atomic E-state index is 12.1. The van der Waals surface area contributed by atoms with Crippen LogP contribution in [0.4, 0.5) is 5.69 Å². The number of nitrogens with one attached hydrogen (secondary N) is 2. The molecule has 0 aromatic heterocycles. The molecule has 0 saturated carbocycles. The van der Waals surface area contributed by atoms with Gasteiger partial charge in [-0.3, -0.25) is 9.59 Å². The fourth-order valence-corrected chi connectivity index (χ4v) is 2.43. The molecule has 26 heavy (non-hydrogen) atoms. The smallest absolute Gasteiger partial charge is 0.262 e. The molecule has 2 rings (SSSR count). The predicted octanol–water partition coefficient (Wildman–Crippen LogP) is 4.06. The van der Waals surface area contributed by atoms with E-state index in [9.17, 15) is 9.59 Å². The van der Waals surface area contributed by atoms with Gasteiger partial charge in [0.1, 0.15) is 5.75 Å². The Morgan fingerprint density at radius 2 is 1.81 bits per heavy atom. The van der Waals surface area contributed by atoms with Crippen LogP contribution in [0, 0.1) is 0 Å². The monoisotopic (exact) mass is 374 g/mol. The molecule has 0 aliphatic carbocycles. The summed E-state index contributed by atoms with van der Waals surface area (Å²) < 4.78 is 5.48. The topological polar surface area (TPSA) is 67.4 Å². The summed E-state index contributed by atoms with van der Waals surface area (Å²) in [5.74, 6) is 0.0424. The van der Waals surface area contributed by atoms with Crippen molar-refractivity contribution < 1.29 is 14.3 Å². The van der Waals surface area contributed by atoms with Gasteiger partial charge in [-0.1, -0.05) is 30.7 Å². The van der Waals surface area contributed by atoms with E-state index in [0.29, 0.717) is 22.0 Å². The number of hydrogen-bond donors (Lipinski definition) is 2. The van der Waals surface area contributed by atoms with E-state index in [0.717, 1.165) is 6.42 Å². The first-order valence-electron chi connectivity index (χ1n) is 8.51. The van der Waals surface area contributed by atoms with Crippen LogP contribution < -0.4 is 15.4 Å². The van der Waals surface area contributed by atoms with E-state index in [-0.39, 0.29) is 24.5 Å². The Labute approximate surface area is 158 Å². The van der Waals surface area contributed by atoms with Crippen LogP contribution in [-0.2, 0) is 11.2 Å². The number of benzene rings is 2. The quantitative estimate of drug-likeness (QED) is 0.768. The van der Waals surface area contributed by atoms with Gasteiger partial charge in [0.05, 0.1) is 10.7 Å². The van der Waals surface area contributed by atoms with Gasteiger partial charge in [-0.2, -0.15) is 0 Å². The molecule has 0 fully saturated rings. The van der Waals surface area contributed by atoms with E-state index in [1.807, 2.05) is 38.1 Å². The number of ether oxygens (including phenoxy) is 1. The third-order valence-corrected chi connectivity index (χ3v) is 3.95. The van der Waals surface area contributed by atoms with Crippen molar-refractivity contribution in [1.82, 2.24) is 5.32 Å². The minimum Gasteiger partial charge on any atom is -0.484 e. The molecule has 0 spiro atoms. The van der Waals surface area contributed by atoms with Crippen LogP contribution in [0.1, 0.15) is 36.7 Å². The summed E-state index contributed by atoms with van der Waals surface area (Å²) in [6.45, 7) is 5.68. The average Bonchev–Trinajstić information content (AvgIpc) is 2.61. The van der Waals surface area contributed by atoms with Gasteiger partial charge in [0.15, 0.2) is 6.61 Å². The summed E-state index contributed by atoms with van der Waals surface area (Å²) in [6, 6.07) is 12.3. The van der Waals surface area contributed by atoms with Crippen molar-refractivity contribution in [2.75, 3.05) is 11.9 Å². The lowest BCUT2D eigenvalue weighted by Gasteiger charge is -2.12. The SMILES string of the molecule is CCc1ccc(OCC(=O)Nc2cc(C(=O)NC(C)C)ccc2Cl)cc1. The number of carbonyl (C=O) groups is 2. The number of aryl methyl sites for hydroxylation is 1. The molecular formula is C20H23ClN2O3. The summed E-state index contributed by atoms with van der Waals surface area (Å²) in [5, 5.41) is 5.82. The Kier molecular flexibility index (Phi) is 7.04. The fourth-order valence-electron chi connectivity index (χ4n) is 2.26. The molecule has 2 amide bonds. The molecule has 138 valence electrons. The van der Waals surface area contributed by atoms with E-state index >= 15 is 0 Å². The van der Waals surface area contributed by atoms with Crippen molar-refractivity contribution in [3.63, 3.8) is 0 Å². The third kappa shape index (κ3) is 5.77. The number of hydrogen-bond acceptors (Lipinski definition) is 3. The summed E-state index contributed by atoms with van der Waals surface area (Å²) in [5.41, 5.74) is 2.00. The highest BCUT2D eigenvalue weighted by Crippen LogP contribution is 2.23. The van der Waals surface area contributed by atoms with Crippen LogP contribution in [0.25, 0.3) is 0 Å². The fraction of sp³-hybridized carbons (Fsp3) is 0.300. The second-order valence-corrected chi connectivity index (χ2v) is 6.56. The van der Waals surface area contributed by atoms with Crippen LogP contribution in [0.2, 0.25) is 5.02 Å². The minimum atomic E-state index is -0.354. The van der Waals surface area contributed by atoms with Gasteiger partial charge < -0.3 is 15.4 Å². The number of amides is 2. The maximum Gasteiger partial charge on any atom is 0.262 e. The van der Waals surface area contributed by atoms with Gasteiger partial charge in [0, 0.05) is 11.6 Å². The van der Waals surface area contributed by atoms with Crippen LogP contribution >= 0.6 is 11.6 Å². The molecule has 2 aromatic carbocycles. The molecule has 0 radical (unpaired) electrons. The Morgan fingerprint density at radius 1 is 1.12 bits per heavy atom. The molecule has 2 N–H and O–H groups in total. The molecule has 0 bridgehead atoms. The lowest BCUT2D eigenvalue weighted by molar-refractivity contribution is -0.118. The zero-order chi connectivity index (χ0) is 19.1. The lowest BCUT2D eigenvalue weighted by atomic mass is 10.1. The van der Waals surface area contributed by atoms with Gasteiger partial charge in [-0.05, 0) is 56.2 Å². The molecule has 5 nitrogen and oxygen atoms in total. The summed E-state index contributed by atoms with van der Waals surface area (Å²) in [6.07, 6.45) is 0.944. The van der Waals surface area contributed by atoms with Gasteiger partial charge >= 0.3 is 0 Å². The molecule has 6 heteroatoms. The van der Waals surface area contributed by atoms with Crippen LogP contribution in [0.5, 0.6) is 5.75 Å².